The molecule has 2 nitrogen and oxygen atoms in total. The molecule has 0 heterocycles. The summed E-state index contributed by atoms with van der Waals surface area (Å²) in [6, 6.07) is 23.2. The number of ether oxygens (including phenoxy) is 2. The number of fused-ring (bicyclic) bond motifs is 2. The predicted molar refractivity (Wildman–Crippen MR) is 214 cm³/mol. The lowest BCUT2D eigenvalue weighted by molar-refractivity contribution is 0.413. The van der Waals surface area contributed by atoms with Gasteiger partial charge in [0.2, 0.25) is 0 Å². The first kappa shape index (κ1) is 35.0. The van der Waals surface area contributed by atoms with Crippen LogP contribution in [0.5, 0.6) is 11.5 Å². The Kier molecular flexibility index (Phi) is 8.72. The highest BCUT2D eigenvalue weighted by atomic mass is 28.3. The Balaban J connectivity index is 1.49. The van der Waals surface area contributed by atoms with E-state index in [4.69, 9.17) is 9.47 Å². The van der Waals surface area contributed by atoms with Crippen LogP contribution in [0, 0.1) is 13.8 Å². The first-order valence-electron chi connectivity index (χ1n) is 17.9. The number of rotatable bonds is 6. The van der Waals surface area contributed by atoms with Crippen LogP contribution < -0.4 is 9.47 Å². The van der Waals surface area contributed by atoms with Crippen molar-refractivity contribution in [3.05, 3.63) is 116 Å². The number of methoxy groups -OCH3 is 2. The van der Waals surface area contributed by atoms with Crippen LogP contribution in [0.2, 0.25) is 13.1 Å². The smallest absolute Gasteiger partial charge is 0.130 e. The second-order valence-electron chi connectivity index (χ2n) is 17.3. The van der Waals surface area contributed by atoms with Crippen LogP contribution in [0.25, 0.3) is 34.4 Å². The molecule has 0 aromatic heterocycles. The van der Waals surface area contributed by atoms with Crippen molar-refractivity contribution in [2.45, 2.75) is 104 Å². The summed E-state index contributed by atoms with van der Waals surface area (Å²) < 4.78 is 12.3. The van der Waals surface area contributed by atoms with Crippen LogP contribution in [-0.4, -0.2) is 22.3 Å². The number of benzene rings is 4. The number of aryl methyl sites for hydroxylation is 2. The molecule has 0 amide bonds. The summed E-state index contributed by atoms with van der Waals surface area (Å²) in [6.07, 6.45) is 4.94. The molecule has 2 unspecified atom stereocenters. The van der Waals surface area contributed by atoms with Gasteiger partial charge < -0.3 is 9.47 Å². The van der Waals surface area contributed by atoms with Gasteiger partial charge in [0.15, 0.2) is 0 Å². The summed E-state index contributed by atoms with van der Waals surface area (Å²) in [5, 5.41) is 0. The summed E-state index contributed by atoms with van der Waals surface area (Å²) in [5.74, 6) is 1.97. The summed E-state index contributed by atoms with van der Waals surface area (Å²) in [4.78, 5) is 0. The van der Waals surface area contributed by atoms with Crippen molar-refractivity contribution in [2.75, 3.05) is 14.2 Å². The average molecular weight is 669 g/mol. The summed E-state index contributed by atoms with van der Waals surface area (Å²) in [6.45, 7) is 28.1. The molecule has 2 aliphatic rings. The van der Waals surface area contributed by atoms with Gasteiger partial charge in [-0.1, -0.05) is 139 Å². The third-order valence-corrected chi connectivity index (χ3v) is 15.8. The molecule has 2 atom stereocenters. The van der Waals surface area contributed by atoms with E-state index >= 15 is 0 Å². The maximum absolute atomic E-state index is 6.15. The Morgan fingerprint density at radius 2 is 0.857 bits per heavy atom. The van der Waals surface area contributed by atoms with Gasteiger partial charge in [-0.3, -0.25) is 0 Å². The Morgan fingerprint density at radius 3 is 1.14 bits per heavy atom. The first-order valence-corrected chi connectivity index (χ1v) is 21.1. The zero-order chi connectivity index (χ0) is 35.8. The Morgan fingerprint density at radius 1 is 0.531 bits per heavy atom. The Bertz CT molecular complexity index is 1850. The van der Waals surface area contributed by atoms with Crippen LogP contribution in [0.1, 0.15) is 111 Å². The zero-order valence-corrected chi connectivity index (χ0v) is 33.4. The highest BCUT2D eigenvalue weighted by molar-refractivity contribution is 6.81. The minimum absolute atomic E-state index is 0.107. The standard InChI is InChI=1S/C46H56O2Si/c1-27-23-37-35(39(41(27)47-11)31-15-19-33(20-16-31)45(5,6)7)25-29(3)43(37)49(13,14)44-30(4)26-36-38(44)24-28(2)42(48-12)40(36)32-17-21-34(22-18-32)46(8,9)10/h15-26,43-44H,1-14H3. The molecule has 0 bridgehead atoms. The van der Waals surface area contributed by atoms with Gasteiger partial charge in [0, 0.05) is 22.2 Å². The van der Waals surface area contributed by atoms with E-state index in [0.717, 1.165) is 11.5 Å². The van der Waals surface area contributed by atoms with Crippen molar-refractivity contribution in [3.63, 3.8) is 0 Å². The molecule has 0 radical (unpaired) electrons. The molecular weight excluding hydrogens is 613 g/mol. The normalized spacial score (nSPS) is 17.4. The van der Waals surface area contributed by atoms with E-state index in [0.29, 0.717) is 11.1 Å². The summed E-state index contributed by atoms with van der Waals surface area (Å²) in [7, 11) is 1.53. The second-order valence-corrected chi connectivity index (χ2v) is 22.1. The van der Waals surface area contributed by atoms with Gasteiger partial charge >= 0.3 is 0 Å². The van der Waals surface area contributed by atoms with Crippen LogP contribution in [0.15, 0.2) is 71.8 Å². The van der Waals surface area contributed by atoms with Crippen LogP contribution in [0.3, 0.4) is 0 Å². The Hall–Kier alpha value is -3.82. The van der Waals surface area contributed by atoms with Gasteiger partial charge in [0.25, 0.3) is 0 Å². The number of hydrogen-bond acceptors (Lipinski definition) is 2. The van der Waals surface area contributed by atoms with Gasteiger partial charge in [-0.25, -0.2) is 0 Å². The molecule has 0 fully saturated rings. The van der Waals surface area contributed by atoms with Gasteiger partial charge in [0.1, 0.15) is 11.5 Å². The molecule has 4 aromatic carbocycles. The van der Waals surface area contributed by atoms with E-state index in [1.165, 1.54) is 77.9 Å². The highest BCUT2D eigenvalue weighted by Gasteiger charge is 2.48. The molecule has 0 aliphatic heterocycles. The monoisotopic (exact) mass is 668 g/mol. The van der Waals surface area contributed by atoms with Crippen LogP contribution in [-0.2, 0) is 10.8 Å². The lowest BCUT2D eigenvalue weighted by atomic mass is 9.85. The molecule has 6 rings (SSSR count). The average Bonchev–Trinajstić information content (AvgIpc) is 3.54. The van der Waals surface area contributed by atoms with Crippen molar-refractivity contribution >= 4 is 20.2 Å². The van der Waals surface area contributed by atoms with Crippen molar-refractivity contribution in [1.82, 2.24) is 0 Å². The van der Waals surface area contributed by atoms with Gasteiger partial charge in [-0.2, -0.15) is 0 Å². The number of hydrogen-bond donors (Lipinski definition) is 0. The maximum Gasteiger partial charge on any atom is 0.130 e. The molecule has 0 spiro atoms. The minimum Gasteiger partial charge on any atom is -0.496 e. The van der Waals surface area contributed by atoms with E-state index in [1.54, 1.807) is 0 Å². The fourth-order valence-corrected chi connectivity index (χ4v) is 14.0. The van der Waals surface area contributed by atoms with E-state index < -0.39 is 8.07 Å². The lowest BCUT2D eigenvalue weighted by Gasteiger charge is -2.39. The molecule has 256 valence electrons. The van der Waals surface area contributed by atoms with E-state index in [2.05, 4.69) is 155 Å². The third-order valence-electron chi connectivity index (χ3n) is 11.3. The fourth-order valence-electron chi connectivity index (χ4n) is 9.10. The second kappa shape index (κ2) is 12.2. The quantitative estimate of drug-likeness (QED) is 0.190. The lowest BCUT2D eigenvalue weighted by Crippen LogP contribution is -2.42. The number of allylic oxidation sites excluding steroid dienone is 2. The molecule has 0 saturated heterocycles. The molecule has 0 N–H and O–H groups in total. The molecule has 49 heavy (non-hydrogen) atoms. The summed E-state index contributed by atoms with van der Waals surface area (Å²) >= 11 is 0. The first-order chi connectivity index (χ1) is 22.9. The SMILES string of the molecule is COc1c(C)cc2c(c1-c1ccc(C(C)(C)C)cc1)C=C(C)C2[Si](C)(C)C1C(C)=Cc2c1cc(C)c(OC)c2-c1ccc(C(C)(C)C)cc1. The Labute approximate surface area is 297 Å². The summed E-state index contributed by atoms with van der Waals surface area (Å²) in [5.41, 5.74) is 19.5. The van der Waals surface area contributed by atoms with E-state index in [-0.39, 0.29) is 10.8 Å². The van der Waals surface area contributed by atoms with Gasteiger partial charge in [0.05, 0.1) is 22.3 Å². The minimum atomic E-state index is -2.10. The van der Waals surface area contributed by atoms with Crippen molar-refractivity contribution < 1.29 is 9.47 Å². The molecule has 4 aromatic rings. The molecular formula is C46H56O2Si. The van der Waals surface area contributed by atoms with Crippen molar-refractivity contribution in [1.29, 1.82) is 0 Å². The van der Waals surface area contributed by atoms with Gasteiger partial charge in [-0.05, 0) is 94.2 Å². The highest BCUT2D eigenvalue weighted by Crippen LogP contribution is 2.57. The molecule has 3 heteroatoms. The third kappa shape index (κ3) is 5.82. The van der Waals surface area contributed by atoms with Crippen molar-refractivity contribution in [2.24, 2.45) is 0 Å². The van der Waals surface area contributed by atoms with Crippen molar-refractivity contribution in [3.8, 4) is 33.8 Å². The fraction of sp³-hybridized carbons (Fsp3) is 0.391. The molecule has 0 saturated carbocycles. The topological polar surface area (TPSA) is 18.5 Å². The maximum atomic E-state index is 6.15. The van der Waals surface area contributed by atoms with Gasteiger partial charge in [-0.15, -0.1) is 0 Å². The van der Waals surface area contributed by atoms with E-state index in [1.807, 2.05) is 14.2 Å². The zero-order valence-electron chi connectivity index (χ0n) is 32.4. The van der Waals surface area contributed by atoms with Crippen LogP contribution in [0.4, 0.5) is 0 Å². The molecule has 2 aliphatic carbocycles. The predicted octanol–water partition coefficient (Wildman–Crippen LogP) is 12.7. The largest absolute Gasteiger partial charge is 0.496 e. The van der Waals surface area contributed by atoms with E-state index in [9.17, 15) is 0 Å². The van der Waals surface area contributed by atoms with Crippen LogP contribution >= 0.6 is 0 Å².